The normalized spacial score (nSPS) is 15.4. The zero-order valence-corrected chi connectivity index (χ0v) is 11.0. The van der Waals surface area contributed by atoms with E-state index in [9.17, 15) is 13.2 Å². The number of alkyl halides is 3. The van der Waals surface area contributed by atoms with Crippen molar-refractivity contribution in [1.82, 2.24) is 4.72 Å². The molecule has 1 aliphatic rings. The van der Waals surface area contributed by atoms with Crippen molar-refractivity contribution in [1.29, 1.82) is 0 Å². The van der Waals surface area contributed by atoms with Crippen LogP contribution in [-0.4, -0.2) is 6.54 Å². The Morgan fingerprint density at radius 3 is 2.47 bits per heavy atom. The Kier molecular flexibility index (Phi) is 4.71. The van der Waals surface area contributed by atoms with Crippen LogP contribution in [-0.2, 0) is 6.18 Å². The van der Waals surface area contributed by atoms with Crippen molar-refractivity contribution >= 4 is 11.9 Å². The molecule has 0 saturated heterocycles. The molecule has 1 aromatic rings. The molecule has 0 aromatic heterocycles. The summed E-state index contributed by atoms with van der Waals surface area (Å²) in [5.74, 6) is 0. The Morgan fingerprint density at radius 2 is 1.89 bits per heavy atom. The molecule has 0 atom stereocenters. The van der Waals surface area contributed by atoms with E-state index < -0.39 is 11.7 Å². The molecule has 2 rings (SSSR count). The summed E-state index contributed by atoms with van der Waals surface area (Å²) >= 11 is 1.35. The smallest absolute Gasteiger partial charge is 0.256 e. The van der Waals surface area contributed by atoms with E-state index in [1.165, 1.54) is 29.7 Å². The fraction of sp³-hybridized carbons (Fsp3) is 0.286. The SMILES string of the molecule is FC(F)(F)c1ccc(SNCC2=CC=CCC2)cc1. The van der Waals surface area contributed by atoms with Crippen LogP contribution in [0.25, 0.3) is 0 Å². The lowest BCUT2D eigenvalue weighted by Gasteiger charge is -2.10. The van der Waals surface area contributed by atoms with E-state index in [1.807, 2.05) is 6.08 Å². The van der Waals surface area contributed by atoms with E-state index in [0.29, 0.717) is 0 Å². The highest BCUT2D eigenvalue weighted by Crippen LogP contribution is 2.30. The Bertz CT molecular complexity index is 474. The van der Waals surface area contributed by atoms with Crippen molar-refractivity contribution in [2.75, 3.05) is 6.54 Å². The summed E-state index contributed by atoms with van der Waals surface area (Å²) in [6.07, 6.45) is 4.05. The maximum Gasteiger partial charge on any atom is 0.416 e. The van der Waals surface area contributed by atoms with Gasteiger partial charge in [0.2, 0.25) is 0 Å². The highest BCUT2D eigenvalue weighted by atomic mass is 32.2. The van der Waals surface area contributed by atoms with Gasteiger partial charge in [0.05, 0.1) is 5.56 Å². The lowest BCUT2D eigenvalue weighted by atomic mass is 10.1. The number of rotatable bonds is 4. The predicted molar refractivity (Wildman–Crippen MR) is 71.8 cm³/mol. The van der Waals surface area contributed by atoms with Crippen molar-refractivity contribution in [2.45, 2.75) is 23.9 Å². The number of hydrogen-bond donors (Lipinski definition) is 1. The number of allylic oxidation sites excluding steroid dienone is 3. The second kappa shape index (κ2) is 6.30. The van der Waals surface area contributed by atoms with Crippen LogP contribution in [0.15, 0.2) is 53.0 Å². The summed E-state index contributed by atoms with van der Waals surface area (Å²) in [5, 5.41) is 0. The van der Waals surface area contributed by atoms with Gasteiger partial charge in [-0.3, -0.25) is 4.72 Å². The van der Waals surface area contributed by atoms with Crippen LogP contribution in [0.5, 0.6) is 0 Å². The van der Waals surface area contributed by atoms with Crippen molar-refractivity contribution in [3.05, 3.63) is 53.6 Å². The highest BCUT2D eigenvalue weighted by molar-refractivity contribution is 7.97. The standard InChI is InChI=1S/C14H14F3NS/c15-14(16,17)12-6-8-13(9-7-12)19-18-10-11-4-2-1-3-5-11/h1-2,4,6-9,18H,3,5,10H2. The Morgan fingerprint density at radius 1 is 1.16 bits per heavy atom. The average molecular weight is 285 g/mol. The minimum atomic E-state index is -4.27. The van der Waals surface area contributed by atoms with Crippen molar-refractivity contribution < 1.29 is 13.2 Å². The minimum absolute atomic E-state index is 0.614. The van der Waals surface area contributed by atoms with Crippen LogP contribution in [0.2, 0.25) is 0 Å². The molecule has 1 N–H and O–H groups in total. The van der Waals surface area contributed by atoms with E-state index in [-0.39, 0.29) is 0 Å². The Balaban J connectivity index is 1.83. The van der Waals surface area contributed by atoms with Gasteiger partial charge in [0.15, 0.2) is 0 Å². The first kappa shape index (κ1) is 14.2. The van der Waals surface area contributed by atoms with Gasteiger partial charge >= 0.3 is 6.18 Å². The fourth-order valence-corrected chi connectivity index (χ4v) is 2.42. The first-order chi connectivity index (χ1) is 9.05. The summed E-state index contributed by atoms with van der Waals surface area (Å²) in [5.41, 5.74) is 0.693. The van der Waals surface area contributed by atoms with Crippen molar-refractivity contribution in [2.24, 2.45) is 0 Å². The van der Waals surface area contributed by atoms with E-state index >= 15 is 0 Å². The summed E-state index contributed by atoms with van der Waals surface area (Å²) in [6, 6.07) is 5.17. The second-order valence-corrected chi connectivity index (χ2v) is 5.20. The summed E-state index contributed by atoms with van der Waals surface area (Å²) in [6.45, 7) is 0.746. The quantitative estimate of drug-likeness (QED) is 0.813. The molecule has 1 nitrogen and oxygen atoms in total. The zero-order valence-electron chi connectivity index (χ0n) is 10.2. The van der Waals surface area contributed by atoms with E-state index in [0.717, 1.165) is 36.4 Å². The van der Waals surface area contributed by atoms with Crippen LogP contribution < -0.4 is 4.72 Å². The van der Waals surface area contributed by atoms with Crippen LogP contribution in [0.4, 0.5) is 13.2 Å². The van der Waals surface area contributed by atoms with Gasteiger partial charge in [0, 0.05) is 11.4 Å². The molecule has 0 aliphatic heterocycles. The van der Waals surface area contributed by atoms with Gasteiger partial charge in [-0.15, -0.1) is 0 Å². The topological polar surface area (TPSA) is 12.0 Å². The second-order valence-electron chi connectivity index (χ2n) is 4.24. The third-order valence-electron chi connectivity index (χ3n) is 2.77. The molecule has 1 aromatic carbocycles. The van der Waals surface area contributed by atoms with Crippen molar-refractivity contribution in [3.8, 4) is 0 Å². The van der Waals surface area contributed by atoms with Gasteiger partial charge in [0.25, 0.3) is 0 Å². The molecule has 0 spiro atoms. The van der Waals surface area contributed by atoms with Crippen LogP contribution in [0.3, 0.4) is 0 Å². The minimum Gasteiger partial charge on any atom is -0.256 e. The zero-order chi connectivity index (χ0) is 13.7. The summed E-state index contributed by atoms with van der Waals surface area (Å²) in [7, 11) is 0. The van der Waals surface area contributed by atoms with Gasteiger partial charge in [-0.05, 0) is 49.1 Å². The fourth-order valence-electron chi connectivity index (χ4n) is 1.72. The molecule has 19 heavy (non-hydrogen) atoms. The highest BCUT2D eigenvalue weighted by Gasteiger charge is 2.29. The molecule has 0 amide bonds. The maximum absolute atomic E-state index is 12.4. The molecule has 0 fully saturated rings. The van der Waals surface area contributed by atoms with Gasteiger partial charge in [-0.2, -0.15) is 13.2 Å². The Labute approximate surface area is 114 Å². The molecular weight excluding hydrogens is 271 g/mol. The van der Waals surface area contributed by atoms with E-state index in [1.54, 1.807) is 0 Å². The van der Waals surface area contributed by atoms with Gasteiger partial charge in [-0.25, -0.2) is 0 Å². The first-order valence-electron chi connectivity index (χ1n) is 5.97. The molecule has 0 unspecified atom stereocenters. The molecule has 0 heterocycles. The lowest BCUT2D eigenvalue weighted by molar-refractivity contribution is -0.137. The van der Waals surface area contributed by atoms with Crippen LogP contribution in [0.1, 0.15) is 18.4 Å². The molecule has 0 radical (unpaired) electrons. The molecule has 102 valence electrons. The first-order valence-corrected chi connectivity index (χ1v) is 6.79. The lowest BCUT2D eigenvalue weighted by Crippen LogP contribution is -2.09. The number of nitrogens with one attached hydrogen (secondary N) is 1. The molecule has 5 heteroatoms. The third kappa shape index (κ3) is 4.44. The van der Waals surface area contributed by atoms with Crippen LogP contribution >= 0.6 is 11.9 Å². The summed E-state index contributed by atoms with van der Waals surface area (Å²) in [4.78, 5) is 0.778. The van der Waals surface area contributed by atoms with Gasteiger partial charge in [-0.1, -0.05) is 23.8 Å². The molecular formula is C14H14F3NS. The van der Waals surface area contributed by atoms with E-state index in [4.69, 9.17) is 0 Å². The van der Waals surface area contributed by atoms with Gasteiger partial charge < -0.3 is 0 Å². The monoisotopic (exact) mass is 285 g/mol. The molecule has 1 aliphatic carbocycles. The number of hydrogen-bond acceptors (Lipinski definition) is 2. The number of halogens is 3. The van der Waals surface area contributed by atoms with Gasteiger partial charge in [0.1, 0.15) is 0 Å². The Hall–Kier alpha value is -1.20. The predicted octanol–water partition coefficient (Wildman–Crippen LogP) is 4.58. The van der Waals surface area contributed by atoms with E-state index in [2.05, 4.69) is 16.9 Å². The average Bonchev–Trinajstić information content (AvgIpc) is 2.39. The van der Waals surface area contributed by atoms with Crippen LogP contribution in [0, 0.1) is 0 Å². The third-order valence-corrected chi connectivity index (χ3v) is 3.57. The largest absolute Gasteiger partial charge is 0.416 e. The molecule has 0 bridgehead atoms. The number of benzene rings is 1. The summed E-state index contributed by atoms with van der Waals surface area (Å²) < 4.78 is 40.3. The molecule has 0 saturated carbocycles. The van der Waals surface area contributed by atoms with Crippen molar-refractivity contribution in [3.63, 3.8) is 0 Å². The maximum atomic E-state index is 12.4.